The Labute approximate surface area is 74.5 Å². The van der Waals surface area contributed by atoms with Crippen molar-refractivity contribution in [3.8, 4) is 0 Å². The molecule has 0 radical (unpaired) electrons. The van der Waals surface area contributed by atoms with Crippen LogP contribution in [0.15, 0.2) is 0 Å². The standard InChI is InChI=1S/C7H14O2S2/c1-5-3-7(11(2)10)6(4-8)9-5/h5-8H,3-4H2,1-2H3/t5-,6+,7-,11?/m0/s1. The van der Waals surface area contributed by atoms with Crippen molar-refractivity contribution in [3.63, 3.8) is 0 Å². The van der Waals surface area contributed by atoms with Crippen molar-refractivity contribution in [3.05, 3.63) is 0 Å². The second-order valence-corrected chi connectivity index (χ2v) is 6.12. The van der Waals surface area contributed by atoms with Crippen LogP contribution in [0.2, 0.25) is 0 Å². The molecule has 1 unspecified atom stereocenters. The zero-order valence-electron chi connectivity index (χ0n) is 6.82. The molecule has 1 saturated heterocycles. The van der Waals surface area contributed by atoms with E-state index in [1.807, 2.05) is 13.2 Å². The summed E-state index contributed by atoms with van der Waals surface area (Å²) in [6, 6.07) is 0. The van der Waals surface area contributed by atoms with Gasteiger partial charge in [-0.15, -0.1) is 9.45 Å². The van der Waals surface area contributed by atoms with Crippen LogP contribution < -0.4 is 0 Å². The van der Waals surface area contributed by atoms with E-state index < -0.39 is 0 Å². The Kier molecular flexibility index (Phi) is 3.43. The normalized spacial score (nSPS) is 40.8. The van der Waals surface area contributed by atoms with E-state index in [1.165, 1.54) is 0 Å². The summed E-state index contributed by atoms with van der Waals surface area (Å²) >= 11 is 5.17. The number of aliphatic hydroxyl groups excluding tert-OH is 1. The van der Waals surface area contributed by atoms with Crippen LogP contribution in [-0.4, -0.2) is 35.4 Å². The van der Waals surface area contributed by atoms with Gasteiger partial charge in [0.15, 0.2) is 0 Å². The van der Waals surface area contributed by atoms with E-state index in [2.05, 4.69) is 0 Å². The second kappa shape index (κ2) is 3.94. The van der Waals surface area contributed by atoms with Crippen molar-refractivity contribution in [1.82, 2.24) is 0 Å². The number of hydrogen-bond donors (Lipinski definition) is 1. The Morgan fingerprint density at radius 3 is 2.73 bits per heavy atom. The third-order valence-corrected chi connectivity index (χ3v) is 4.08. The molecule has 0 saturated carbocycles. The highest BCUT2D eigenvalue weighted by molar-refractivity contribution is 8.28. The molecule has 0 bridgehead atoms. The highest BCUT2D eigenvalue weighted by atomic mass is 32.8. The van der Waals surface area contributed by atoms with Crippen molar-refractivity contribution in [2.75, 3.05) is 12.9 Å². The first-order valence-electron chi connectivity index (χ1n) is 3.73. The average Bonchev–Trinajstić information content (AvgIpc) is 2.30. The van der Waals surface area contributed by atoms with E-state index in [4.69, 9.17) is 21.0 Å². The third kappa shape index (κ3) is 2.21. The van der Waals surface area contributed by atoms with Crippen LogP contribution in [0.25, 0.3) is 0 Å². The van der Waals surface area contributed by atoms with Gasteiger partial charge in [0.1, 0.15) is 0 Å². The summed E-state index contributed by atoms with van der Waals surface area (Å²) in [4.78, 5) is 0. The molecule has 0 aromatic carbocycles. The lowest BCUT2D eigenvalue weighted by Crippen LogP contribution is -2.28. The first kappa shape index (κ1) is 9.58. The highest BCUT2D eigenvalue weighted by Crippen LogP contribution is 2.23. The molecule has 4 heteroatoms. The quantitative estimate of drug-likeness (QED) is 0.682. The Balaban J connectivity index is 2.57. The minimum atomic E-state index is -0.0432. The van der Waals surface area contributed by atoms with Gasteiger partial charge < -0.3 is 9.84 Å². The van der Waals surface area contributed by atoms with E-state index in [9.17, 15) is 0 Å². The zero-order valence-corrected chi connectivity index (χ0v) is 8.45. The fourth-order valence-corrected chi connectivity index (χ4v) is 3.16. The molecule has 4 atom stereocenters. The predicted octanol–water partition coefficient (Wildman–Crippen LogP) is 0.235. The van der Waals surface area contributed by atoms with Gasteiger partial charge in [-0.3, -0.25) is 0 Å². The maximum absolute atomic E-state index is 8.94. The average molecular weight is 194 g/mol. The fourth-order valence-electron chi connectivity index (χ4n) is 1.43. The topological polar surface area (TPSA) is 29.5 Å². The smallest absolute Gasteiger partial charge is 0.0931 e. The molecule has 66 valence electrons. The molecule has 2 nitrogen and oxygen atoms in total. The van der Waals surface area contributed by atoms with Crippen LogP contribution in [-0.2, 0) is 25.4 Å². The lowest BCUT2D eigenvalue weighted by atomic mass is 10.2. The van der Waals surface area contributed by atoms with Crippen LogP contribution in [0.1, 0.15) is 13.3 Å². The SMILES string of the molecule is C[C@H]1C[C@H](S(C)=S)[C@@H](CO)O1. The van der Waals surface area contributed by atoms with Crippen LogP contribution >= 0.6 is 0 Å². The number of rotatable bonds is 2. The first-order chi connectivity index (χ1) is 5.15. The third-order valence-electron chi connectivity index (χ3n) is 1.99. The Morgan fingerprint density at radius 2 is 2.36 bits per heavy atom. The monoisotopic (exact) mass is 194 g/mol. The summed E-state index contributed by atoms with van der Waals surface area (Å²) in [6.45, 7) is 2.15. The summed E-state index contributed by atoms with van der Waals surface area (Å²) in [5, 5.41) is 9.33. The highest BCUT2D eigenvalue weighted by Gasteiger charge is 2.32. The predicted molar refractivity (Wildman–Crippen MR) is 50.5 cm³/mol. The maximum atomic E-state index is 8.94. The first-order valence-corrected chi connectivity index (χ1v) is 6.35. The van der Waals surface area contributed by atoms with Gasteiger partial charge in [0.2, 0.25) is 0 Å². The summed E-state index contributed by atoms with van der Waals surface area (Å²) in [5.41, 5.74) is 0. The molecule has 0 aromatic rings. The van der Waals surface area contributed by atoms with Crippen LogP contribution in [0.3, 0.4) is 0 Å². The molecular weight excluding hydrogens is 180 g/mol. The Morgan fingerprint density at radius 1 is 1.73 bits per heavy atom. The summed E-state index contributed by atoms with van der Waals surface area (Å²) < 4.78 is 5.47. The van der Waals surface area contributed by atoms with Crippen LogP contribution in [0.5, 0.6) is 0 Å². The molecule has 1 heterocycles. The van der Waals surface area contributed by atoms with Gasteiger partial charge in [0.25, 0.3) is 0 Å². The van der Waals surface area contributed by atoms with Crippen molar-refractivity contribution < 1.29 is 9.84 Å². The Hall–Kier alpha value is 0.490. The van der Waals surface area contributed by atoms with Crippen molar-refractivity contribution >= 4 is 20.6 Å². The molecule has 0 spiro atoms. The Bertz CT molecular complexity index is 161. The summed E-state index contributed by atoms with van der Waals surface area (Å²) in [6.07, 6.45) is 3.31. The molecule has 1 aliphatic heterocycles. The van der Waals surface area contributed by atoms with Gasteiger partial charge in [-0.1, -0.05) is 11.2 Å². The van der Waals surface area contributed by atoms with Crippen molar-refractivity contribution in [2.24, 2.45) is 0 Å². The second-order valence-electron chi connectivity index (χ2n) is 2.94. The van der Waals surface area contributed by atoms with Gasteiger partial charge in [-0.2, -0.15) is 0 Å². The molecular formula is C7H14O2S2. The van der Waals surface area contributed by atoms with Crippen molar-refractivity contribution in [1.29, 1.82) is 0 Å². The number of aliphatic hydroxyl groups is 1. The van der Waals surface area contributed by atoms with Crippen LogP contribution in [0, 0.1) is 0 Å². The van der Waals surface area contributed by atoms with E-state index in [0.29, 0.717) is 5.25 Å². The largest absolute Gasteiger partial charge is 0.394 e. The van der Waals surface area contributed by atoms with Gasteiger partial charge in [-0.25, -0.2) is 0 Å². The summed E-state index contributed by atoms with van der Waals surface area (Å²) in [7, 11) is -0.0432. The van der Waals surface area contributed by atoms with Crippen LogP contribution in [0.4, 0.5) is 0 Å². The van der Waals surface area contributed by atoms with Gasteiger partial charge >= 0.3 is 0 Å². The maximum Gasteiger partial charge on any atom is 0.0931 e. The molecule has 1 rings (SSSR count). The molecule has 0 aliphatic carbocycles. The lowest BCUT2D eigenvalue weighted by molar-refractivity contribution is 0.0212. The summed E-state index contributed by atoms with van der Waals surface area (Å²) in [5.74, 6) is 0. The minimum Gasteiger partial charge on any atom is -0.394 e. The van der Waals surface area contributed by atoms with E-state index in [-0.39, 0.29) is 28.3 Å². The molecule has 11 heavy (non-hydrogen) atoms. The van der Waals surface area contributed by atoms with E-state index >= 15 is 0 Å². The molecule has 0 aromatic heterocycles. The van der Waals surface area contributed by atoms with Crippen molar-refractivity contribution in [2.45, 2.75) is 30.8 Å². The van der Waals surface area contributed by atoms with E-state index in [0.717, 1.165) is 6.42 Å². The number of hydrogen-bond acceptors (Lipinski definition) is 3. The molecule has 0 amide bonds. The van der Waals surface area contributed by atoms with Gasteiger partial charge in [0, 0.05) is 5.25 Å². The van der Waals surface area contributed by atoms with Gasteiger partial charge in [0.05, 0.1) is 18.8 Å². The van der Waals surface area contributed by atoms with E-state index in [1.54, 1.807) is 0 Å². The molecule has 1 fully saturated rings. The van der Waals surface area contributed by atoms with Gasteiger partial charge in [-0.05, 0) is 19.6 Å². The lowest BCUT2D eigenvalue weighted by Gasteiger charge is -2.14. The minimum absolute atomic E-state index is 0.00386. The molecule has 1 N–H and O–H groups in total. The number of ether oxygens (including phenoxy) is 1. The zero-order chi connectivity index (χ0) is 8.43. The fraction of sp³-hybridized carbons (Fsp3) is 1.00. The molecule has 1 aliphatic rings.